The molecule has 0 amide bonds. The second-order valence-electron chi connectivity index (χ2n) is 3.03. The molecule has 0 fully saturated rings. The van der Waals surface area contributed by atoms with E-state index in [2.05, 4.69) is 0 Å². The molecule has 0 saturated carbocycles. The quantitative estimate of drug-likeness (QED) is 0.449. The van der Waals surface area contributed by atoms with Crippen LogP contribution in [-0.2, 0) is 0 Å². The maximum Gasteiger partial charge on any atom is 0.177 e. The number of nitrogen functional groups attached to an aromatic ring is 1. The number of hydrogen-bond donors (Lipinski definition) is 1. The van der Waals surface area contributed by atoms with Crippen molar-refractivity contribution in [2.24, 2.45) is 0 Å². The van der Waals surface area contributed by atoms with E-state index in [4.69, 9.17) is 17.3 Å². The van der Waals surface area contributed by atoms with E-state index in [9.17, 15) is 4.79 Å². The minimum atomic E-state index is -0.0779. The van der Waals surface area contributed by atoms with Gasteiger partial charge in [0.1, 0.15) is 0 Å². The number of carbonyl (C=O) groups is 1. The van der Waals surface area contributed by atoms with E-state index in [0.717, 1.165) is 11.1 Å². The second kappa shape index (κ2) is 3.79. The largest absolute Gasteiger partial charge is 0.398 e. The molecular weight excluding hydrogens is 186 g/mol. The Kier molecular flexibility index (Phi) is 2.94. The molecule has 0 heterocycles. The average molecular weight is 198 g/mol. The van der Waals surface area contributed by atoms with Gasteiger partial charge >= 0.3 is 0 Å². The minimum absolute atomic E-state index is 0.00331. The van der Waals surface area contributed by atoms with E-state index in [1.54, 1.807) is 6.07 Å². The fourth-order valence-electron chi connectivity index (χ4n) is 1.24. The molecule has 70 valence electrons. The number of carbonyl (C=O) groups excluding carboxylic acids is 1. The summed E-state index contributed by atoms with van der Waals surface area (Å²) < 4.78 is 0. The van der Waals surface area contributed by atoms with E-state index < -0.39 is 0 Å². The van der Waals surface area contributed by atoms with Gasteiger partial charge in [-0.25, -0.2) is 0 Å². The lowest BCUT2D eigenvalue weighted by molar-refractivity contribution is 0.102. The van der Waals surface area contributed by atoms with Gasteiger partial charge in [-0.3, -0.25) is 4.79 Å². The highest BCUT2D eigenvalue weighted by Gasteiger charge is 2.10. The van der Waals surface area contributed by atoms with Crippen molar-refractivity contribution in [3.63, 3.8) is 0 Å². The zero-order valence-electron chi connectivity index (χ0n) is 7.73. The fraction of sp³-hybridized carbons (Fsp3) is 0.300. The van der Waals surface area contributed by atoms with E-state index >= 15 is 0 Å². The van der Waals surface area contributed by atoms with Crippen molar-refractivity contribution in [2.45, 2.75) is 13.8 Å². The molecular formula is C10H12ClNO. The van der Waals surface area contributed by atoms with Crippen molar-refractivity contribution < 1.29 is 4.79 Å². The predicted molar refractivity (Wildman–Crippen MR) is 55.4 cm³/mol. The predicted octanol–water partition coefficient (Wildman–Crippen LogP) is 2.31. The highest BCUT2D eigenvalue weighted by molar-refractivity contribution is 6.30. The summed E-state index contributed by atoms with van der Waals surface area (Å²) in [5, 5.41) is 0. The van der Waals surface area contributed by atoms with Crippen LogP contribution in [-0.4, -0.2) is 11.7 Å². The molecule has 0 bridgehead atoms. The van der Waals surface area contributed by atoms with Crippen molar-refractivity contribution in [1.29, 1.82) is 0 Å². The second-order valence-corrected chi connectivity index (χ2v) is 3.29. The number of hydrogen-bond acceptors (Lipinski definition) is 2. The number of rotatable bonds is 2. The van der Waals surface area contributed by atoms with Gasteiger partial charge in [0.05, 0.1) is 5.88 Å². The number of anilines is 1. The Morgan fingerprint density at radius 3 is 2.62 bits per heavy atom. The molecule has 0 spiro atoms. The van der Waals surface area contributed by atoms with Crippen LogP contribution >= 0.6 is 11.6 Å². The van der Waals surface area contributed by atoms with E-state index in [0.29, 0.717) is 11.3 Å². The van der Waals surface area contributed by atoms with Crippen LogP contribution in [0.2, 0.25) is 0 Å². The number of Topliss-reactive ketones (excluding diaryl/α,β-unsaturated/α-hetero) is 1. The van der Waals surface area contributed by atoms with Crippen molar-refractivity contribution >= 4 is 23.1 Å². The fourth-order valence-corrected chi connectivity index (χ4v) is 1.38. The summed E-state index contributed by atoms with van der Waals surface area (Å²) in [5.74, 6) is -0.0746. The summed E-state index contributed by atoms with van der Waals surface area (Å²) in [6, 6.07) is 3.61. The Hall–Kier alpha value is -1.02. The van der Waals surface area contributed by atoms with E-state index in [1.165, 1.54) is 0 Å². The molecule has 1 rings (SSSR count). The third kappa shape index (κ3) is 1.83. The summed E-state index contributed by atoms with van der Waals surface area (Å²) in [7, 11) is 0. The third-order valence-corrected chi connectivity index (χ3v) is 2.40. The Morgan fingerprint density at radius 1 is 1.46 bits per heavy atom. The van der Waals surface area contributed by atoms with Gasteiger partial charge in [-0.2, -0.15) is 0 Å². The van der Waals surface area contributed by atoms with Crippen LogP contribution in [0.25, 0.3) is 0 Å². The first-order valence-electron chi connectivity index (χ1n) is 4.02. The van der Waals surface area contributed by atoms with Gasteiger partial charge in [-0.1, -0.05) is 12.1 Å². The average Bonchev–Trinajstić information content (AvgIpc) is 2.13. The standard InChI is InChI=1S/C10H12ClNO/c1-6-3-4-8(9(13)5-11)7(2)10(6)12/h3-4H,5,12H2,1-2H3. The number of alkyl halides is 1. The first-order valence-corrected chi connectivity index (χ1v) is 4.56. The van der Waals surface area contributed by atoms with Gasteiger partial charge in [0, 0.05) is 11.3 Å². The summed E-state index contributed by atoms with van der Waals surface area (Å²) in [5.41, 5.74) is 8.89. The molecule has 0 radical (unpaired) electrons. The van der Waals surface area contributed by atoms with Crippen LogP contribution in [0.5, 0.6) is 0 Å². The molecule has 0 aliphatic heterocycles. The highest BCUT2D eigenvalue weighted by Crippen LogP contribution is 2.20. The Labute approximate surface area is 82.7 Å². The Balaban J connectivity index is 3.26. The van der Waals surface area contributed by atoms with Crippen LogP contribution in [0.15, 0.2) is 12.1 Å². The van der Waals surface area contributed by atoms with Crippen LogP contribution in [0.4, 0.5) is 5.69 Å². The highest BCUT2D eigenvalue weighted by atomic mass is 35.5. The van der Waals surface area contributed by atoms with Gasteiger partial charge in [-0.05, 0) is 25.0 Å². The van der Waals surface area contributed by atoms with Crippen LogP contribution < -0.4 is 5.73 Å². The maximum atomic E-state index is 11.3. The molecule has 0 saturated heterocycles. The van der Waals surface area contributed by atoms with Crippen molar-refractivity contribution in [2.75, 3.05) is 11.6 Å². The minimum Gasteiger partial charge on any atom is -0.398 e. The lowest BCUT2D eigenvalue weighted by Gasteiger charge is -2.08. The molecule has 0 aliphatic rings. The van der Waals surface area contributed by atoms with Gasteiger partial charge in [0.2, 0.25) is 0 Å². The molecule has 0 atom stereocenters. The topological polar surface area (TPSA) is 43.1 Å². The number of ketones is 1. The Morgan fingerprint density at radius 2 is 2.08 bits per heavy atom. The third-order valence-electron chi connectivity index (χ3n) is 2.15. The number of nitrogens with two attached hydrogens (primary N) is 1. The summed E-state index contributed by atoms with van der Waals surface area (Å²) in [6.45, 7) is 3.75. The number of benzene rings is 1. The molecule has 1 aromatic carbocycles. The van der Waals surface area contributed by atoms with Gasteiger partial charge < -0.3 is 5.73 Å². The zero-order chi connectivity index (χ0) is 10.0. The number of halogens is 1. The van der Waals surface area contributed by atoms with Crippen LogP contribution in [0.1, 0.15) is 21.5 Å². The van der Waals surface area contributed by atoms with Gasteiger partial charge in [-0.15, -0.1) is 11.6 Å². The Bertz CT molecular complexity index is 347. The molecule has 0 aromatic heterocycles. The normalized spacial score (nSPS) is 10.1. The van der Waals surface area contributed by atoms with Gasteiger partial charge in [0.25, 0.3) is 0 Å². The van der Waals surface area contributed by atoms with E-state index in [-0.39, 0.29) is 11.7 Å². The molecule has 3 heteroatoms. The van der Waals surface area contributed by atoms with Crippen molar-refractivity contribution in [3.05, 3.63) is 28.8 Å². The number of aryl methyl sites for hydroxylation is 1. The van der Waals surface area contributed by atoms with Crippen molar-refractivity contribution in [3.8, 4) is 0 Å². The summed E-state index contributed by atoms with van der Waals surface area (Å²) in [4.78, 5) is 11.3. The zero-order valence-corrected chi connectivity index (χ0v) is 8.48. The van der Waals surface area contributed by atoms with Crippen LogP contribution in [0.3, 0.4) is 0 Å². The SMILES string of the molecule is Cc1ccc(C(=O)CCl)c(C)c1N. The summed E-state index contributed by atoms with van der Waals surface area (Å²) in [6.07, 6.45) is 0. The lowest BCUT2D eigenvalue weighted by atomic mass is 10.0. The molecule has 1 aromatic rings. The molecule has 0 aliphatic carbocycles. The monoisotopic (exact) mass is 197 g/mol. The lowest BCUT2D eigenvalue weighted by Crippen LogP contribution is -2.06. The molecule has 2 nitrogen and oxygen atoms in total. The first-order chi connectivity index (χ1) is 6.07. The maximum absolute atomic E-state index is 11.3. The van der Waals surface area contributed by atoms with Crippen molar-refractivity contribution in [1.82, 2.24) is 0 Å². The van der Waals surface area contributed by atoms with E-state index in [1.807, 2.05) is 19.9 Å². The smallest absolute Gasteiger partial charge is 0.177 e. The first kappa shape index (κ1) is 10.1. The molecule has 2 N–H and O–H groups in total. The molecule has 13 heavy (non-hydrogen) atoms. The van der Waals surface area contributed by atoms with Crippen LogP contribution in [0, 0.1) is 13.8 Å². The van der Waals surface area contributed by atoms with Gasteiger partial charge in [0.15, 0.2) is 5.78 Å². The molecule has 0 unspecified atom stereocenters. The summed E-state index contributed by atoms with van der Waals surface area (Å²) >= 11 is 5.46.